The predicted octanol–water partition coefficient (Wildman–Crippen LogP) is 2.38. The van der Waals surface area contributed by atoms with Crippen molar-refractivity contribution in [2.75, 3.05) is 36.4 Å². The summed E-state index contributed by atoms with van der Waals surface area (Å²) in [5, 5.41) is 10.5. The maximum Gasteiger partial charge on any atom is 0.276 e. The van der Waals surface area contributed by atoms with E-state index in [9.17, 15) is 9.18 Å². The molecule has 0 atom stereocenters. The van der Waals surface area contributed by atoms with E-state index in [1.165, 1.54) is 12.1 Å². The number of hydrogen-bond acceptors (Lipinski definition) is 5. The highest BCUT2D eigenvalue weighted by molar-refractivity contribution is 6.03. The number of nitrogens with one attached hydrogen (secondary N) is 2. The number of benzene rings is 1. The van der Waals surface area contributed by atoms with Gasteiger partial charge in [-0.25, -0.2) is 14.1 Å². The van der Waals surface area contributed by atoms with Crippen molar-refractivity contribution < 1.29 is 9.18 Å². The molecule has 2 aromatic heterocycles. The van der Waals surface area contributed by atoms with Crippen LogP contribution in [0.3, 0.4) is 0 Å². The first-order valence-electron chi connectivity index (χ1n) is 9.15. The Labute approximate surface area is 162 Å². The minimum absolute atomic E-state index is 0.282. The van der Waals surface area contributed by atoms with Crippen molar-refractivity contribution >= 4 is 17.4 Å². The topological polar surface area (TPSA) is 75.1 Å². The number of hydrogen-bond donors (Lipinski definition) is 2. The third kappa shape index (κ3) is 3.86. The van der Waals surface area contributed by atoms with Gasteiger partial charge in [-0.05, 0) is 42.8 Å². The van der Waals surface area contributed by atoms with E-state index in [1.54, 1.807) is 42.2 Å². The van der Waals surface area contributed by atoms with Crippen molar-refractivity contribution in [1.29, 1.82) is 0 Å². The third-order valence-corrected chi connectivity index (χ3v) is 4.67. The van der Waals surface area contributed by atoms with E-state index >= 15 is 0 Å². The molecule has 0 bridgehead atoms. The molecule has 1 fully saturated rings. The smallest absolute Gasteiger partial charge is 0.276 e. The molecule has 0 spiro atoms. The van der Waals surface area contributed by atoms with Gasteiger partial charge < -0.3 is 15.5 Å². The van der Waals surface area contributed by atoms with E-state index in [0.29, 0.717) is 5.69 Å². The van der Waals surface area contributed by atoms with Gasteiger partial charge in [0.25, 0.3) is 5.91 Å². The third-order valence-electron chi connectivity index (χ3n) is 4.67. The summed E-state index contributed by atoms with van der Waals surface area (Å²) in [6, 6.07) is 9.71. The van der Waals surface area contributed by atoms with Crippen LogP contribution in [-0.4, -0.2) is 46.9 Å². The quantitative estimate of drug-likeness (QED) is 0.727. The maximum atomic E-state index is 13.3. The van der Waals surface area contributed by atoms with Crippen LogP contribution < -0.4 is 15.5 Å². The Bertz CT molecular complexity index is 996. The first-order valence-corrected chi connectivity index (χ1v) is 9.15. The molecule has 0 radical (unpaired) electrons. The number of pyridine rings is 1. The molecule has 0 saturated carbocycles. The summed E-state index contributed by atoms with van der Waals surface area (Å²) in [7, 11) is 0. The van der Waals surface area contributed by atoms with Gasteiger partial charge in [-0.2, -0.15) is 5.10 Å². The van der Waals surface area contributed by atoms with E-state index in [0.717, 1.165) is 43.2 Å². The first-order chi connectivity index (χ1) is 13.6. The van der Waals surface area contributed by atoms with Gasteiger partial charge in [0.1, 0.15) is 11.6 Å². The maximum absolute atomic E-state index is 13.3. The van der Waals surface area contributed by atoms with Crippen LogP contribution in [0.2, 0.25) is 0 Å². The molecule has 2 N–H and O–H groups in total. The molecule has 1 amide bonds. The Balaban J connectivity index is 1.49. The van der Waals surface area contributed by atoms with Gasteiger partial charge >= 0.3 is 0 Å². The van der Waals surface area contributed by atoms with Gasteiger partial charge in [0, 0.05) is 50.3 Å². The number of nitrogens with zero attached hydrogens (tertiary/aromatic N) is 4. The minimum Gasteiger partial charge on any atom is -0.354 e. The number of anilines is 2. The number of carbonyl (C=O) groups excluding carboxylic acids is 1. The molecule has 3 heterocycles. The molecule has 0 unspecified atom stereocenters. The van der Waals surface area contributed by atoms with Crippen LogP contribution >= 0.6 is 0 Å². The first kappa shape index (κ1) is 18.1. The molecule has 8 heteroatoms. The Morgan fingerprint density at radius 2 is 2.00 bits per heavy atom. The summed E-state index contributed by atoms with van der Waals surface area (Å²) in [4.78, 5) is 19.2. The average molecular weight is 380 g/mol. The fraction of sp³-hybridized carbons (Fsp3) is 0.250. The van der Waals surface area contributed by atoms with Gasteiger partial charge in [-0.3, -0.25) is 4.79 Å². The second kappa shape index (κ2) is 7.77. The number of halogens is 1. The number of amides is 1. The SMILES string of the molecule is Cc1cc(F)ccc1-n1ccc(C(=O)Nc2ccnc(N3CCNCC3)c2)n1. The number of piperazine rings is 1. The van der Waals surface area contributed by atoms with Gasteiger partial charge in [-0.1, -0.05) is 0 Å². The lowest BCUT2D eigenvalue weighted by atomic mass is 10.2. The van der Waals surface area contributed by atoms with Crippen molar-refractivity contribution in [1.82, 2.24) is 20.1 Å². The Morgan fingerprint density at radius 3 is 2.79 bits per heavy atom. The van der Waals surface area contributed by atoms with E-state index in [2.05, 4.69) is 25.6 Å². The van der Waals surface area contributed by atoms with Crippen LogP contribution in [0.1, 0.15) is 16.1 Å². The second-order valence-electron chi connectivity index (χ2n) is 6.67. The summed E-state index contributed by atoms with van der Waals surface area (Å²) < 4.78 is 14.9. The summed E-state index contributed by atoms with van der Waals surface area (Å²) in [6.07, 6.45) is 3.38. The van der Waals surface area contributed by atoms with E-state index in [4.69, 9.17) is 0 Å². The summed E-state index contributed by atoms with van der Waals surface area (Å²) in [5.41, 5.74) is 2.42. The highest BCUT2D eigenvalue weighted by Gasteiger charge is 2.15. The fourth-order valence-corrected chi connectivity index (χ4v) is 3.21. The van der Waals surface area contributed by atoms with Crippen LogP contribution in [-0.2, 0) is 0 Å². The zero-order valence-electron chi connectivity index (χ0n) is 15.5. The summed E-state index contributed by atoms with van der Waals surface area (Å²) in [5.74, 6) is 0.229. The monoisotopic (exact) mass is 380 g/mol. The van der Waals surface area contributed by atoms with Crippen LogP contribution in [0.25, 0.3) is 5.69 Å². The zero-order chi connectivity index (χ0) is 19.5. The number of rotatable bonds is 4. The van der Waals surface area contributed by atoms with E-state index in [1.807, 2.05) is 6.07 Å². The molecule has 1 aromatic carbocycles. The molecule has 1 aliphatic heterocycles. The van der Waals surface area contributed by atoms with Crippen LogP contribution in [0, 0.1) is 12.7 Å². The summed E-state index contributed by atoms with van der Waals surface area (Å²) >= 11 is 0. The molecule has 28 heavy (non-hydrogen) atoms. The molecule has 3 aromatic rings. The second-order valence-corrected chi connectivity index (χ2v) is 6.67. The molecule has 144 valence electrons. The standard InChI is InChI=1S/C20H21FN6O/c1-14-12-15(21)2-3-18(14)27-9-5-17(25-27)20(28)24-16-4-6-23-19(13-16)26-10-7-22-8-11-26/h2-6,9,12-13,22H,7-8,10-11H2,1H3,(H,23,24,28). The number of aryl methyl sites for hydroxylation is 1. The molecular formula is C20H21FN6O. The van der Waals surface area contributed by atoms with Crippen molar-refractivity contribution in [3.63, 3.8) is 0 Å². The highest BCUT2D eigenvalue weighted by Crippen LogP contribution is 2.18. The molecule has 0 aliphatic carbocycles. The van der Waals surface area contributed by atoms with E-state index < -0.39 is 0 Å². The normalized spacial score (nSPS) is 14.1. The van der Waals surface area contributed by atoms with Gasteiger partial charge in [0.15, 0.2) is 5.69 Å². The lowest BCUT2D eigenvalue weighted by molar-refractivity contribution is 0.102. The van der Waals surface area contributed by atoms with Crippen molar-refractivity contribution in [3.05, 3.63) is 65.9 Å². The lowest BCUT2D eigenvalue weighted by Gasteiger charge is -2.28. The van der Waals surface area contributed by atoms with Crippen molar-refractivity contribution in [3.8, 4) is 5.69 Å². The fourth-order valence-electron chi connectivity index (χ4n) is 3.21. The summed E-state index contributed by atoms with van der Waals surface area (Å²) in [6.45, 7) is 5.39. The van der Waals surface area contributed by atoms with Crippen LogP contribution in [0.4, 0.5) is 15.9 Å². The molecule has 7 nitrogen and oxygen atoms in total. The zero-order valence-corrected chi connectivity index (χ0v) is 15.5. The number of aromatic nitrogens is 3. The Hall–Kier alpha value is -3.26. The minimum atomic E-state index is -0.309. The van der Waals surface area contributed by atoms with Gasteiger partial charge in [0.05, 0.1) is 5.69 Å². The predicted molar refractivity (Wildman–Crippen MR) is 106 cm³/mol. The molecule has 1 aliphatic rings. The number of carbonyl (C=O) groups is 1. The van der Waals surface area contributed by atoms with Crippen molar-refractivity contribution in [2.24, 2.45) is 0 Å². The van der Waals surface area contributed by atoms with Crippen LogP contribution in [0.15, 0.2) is 48.8 Å². The molecule has 4 rings (SSSR count). The lowest BCUT2D eigenvalue weighted by Crippen LogP contribution is -2.43. The van der Waals surface area contributed by atoms with Gasteiger partial charge in [-0.15, -0.1) is 0 Å². The highest BCUT2D eigenvalue weighted by atomic mass is 19.1. The van der Waals surface area contributed by atoms with Crippen molar-refractivity contribution in [2.45, 2.75) is 6.92 Å². The molecule has 1 saturated heterocycles. The van der Waals surface area contributed by atoms with Gasteiger partial charge in [0.2, 0.25) is 0 Å². The Morgan fingerprint density at radius 1 is 1.18 bits per heavy atom. The van der Waals surface area contributed by atoms with Crippen LogP contribution in [0.5, 0.6) is 0 Å². The largest absolute Gasteiger partial charge is 0.354 e. The molecular weight excluding hydrogens is 359 g/mol. The Kier molecular flexibility index (Phi) is 5.03. The average Bonchev–Trinajstić information content (AvgIpc) is 3.19. The van der Waals surface area contributed by atoms with E-state index in [-0.39, 0.29) is 17.4 Å².